The van der Waals surface area contributed by atoms with Crippen molar-refractivity contribution in [3.8, 4) is 0 Å². The van der Waals surface area contributed by atoms with Crippen LogP contribution < -0.4 is 5.32 Å². The number of hydrogen-bond donors (Lipinski definition) is 1. The Hall–Kier alpha value is -1.42. The van der Waals surface area contributed by atoms with Gasteiger partial charge in [-0.3, -0.25) is 4.98 Å². The van der Waals surface area contributed by atoms with Gasteiger partial charge in [0.2, 0.25) is 0 Å². The molecule has 4 nitrogen and oxygen atoms in total. The average Bonchev–Trinajstić information content (AvgIpc) is 2.40. The summed E-state index contributed by atoms with van der Waals surface area (Å²) in [6.07, 6.45) is 3.27. The highest BCUT2D eigenvalue weighted by molar-refractivity contribution is 5.94. The van der Waals surface area contributed by atoms with Gasteiger partial charge in [-0.2, -0.15) is 0 Å². The van der Waals surface area contributed by atoms with Crippen molar-refractivity contribution in [2.24, 2.45) is 0 Å². The fraction of sp³-hybridized carbons (Fsp3) is 0.333. The van der Waals surface area contributed by atoms with Crippen LogP contribution in [0, 0.1) is 0 Å². The number of aromatic nitrogens is 1. The molecule has 4 heteroatoms. The van der Waals surface area contributed by atoms with Gasteiger partial charge >= 0.3 is 5.97 Å². The molecule has 1 aromatic heterocycles. The predicted molar refractivity (Wildman–Crippen MR) is 44.2 cm³/mol. The second kappa shape index (κ2) is 2.09. The van der Waals surface area contributed by atoms with Gasteiger partial charge in [-0.05, 0) is 6.07 Å². The molecule has 0 aromatic carbocycles. The number of pyridine rings is 1. The molecule has 1 saturated heterocycles. The predicted octanol–water partition coefficient (Wildman–Crippen LogP) is 0.0505. The number of carbonyl (C=O) groups excluding carboxylic acids is 1. The summed E-state index contributed by atoms with van der Waals surface area (Å²) < 4.78 is 5.31. The van der Waals surface area contributed by atoms with Crippen LogP contribution in [0.3, 0.4) is 0 Å². The first kappa shape index (κ1) is 7.03. The van der Waals surface area contributed by atoms with Crippen LogP contribution in [-0.2, 0) is 10.3 Å². The Morgan fingerprint density at radius 1 is 1.54 bits per heavy atom. The van der Waals surface area contributed by atoms with Crippen LogP contribution in [0.25, 0.3) is 0 Å². The van der Waals surface area contributed by atoms with Crippen molar-refractivity contribution < 1.29 is 9.53 Å². The SMILES string of the molecule is O=C1OC2(CNC2)c2ccncc21. The van der Waals surface area contributed by atoms with Gasteiger partial charge in [0.1, 0.15) is 0 Å². The zero-order chi connectivity index (χ0) is 8.89. The van der Waals surface area contributed by atoms with Crippen molar-refractivity contribution in [3.63, 3.8) is 0 Å². The number of nitrogens with one attached hydrogen (secondary N) is 1. The summed E-state index contributed by atoms with van der Waals surface area (Å²) in [5.41, 5.74) is 1.21. The van der Waals surface area contributed by atoms with E-state index in [2.05, 4.69) is 10.3 Å². The number of ether oxygens (including phenoxy) is 1. The highest BCUT2D eigenvalue weighted by Gasteiger charge is 2.50. The lowest BCUT2D eigenvalue weighted by Crippen LogP contribution is -2.56. The van der Waals surface area contributed by atoms with Crippen molar-refractivity contribution in [1.29, 1.82) is 0 Å². The van der Waals surface area contributed by atoms with Gasteiger partial charge in [-0.25, -0.2) is 4.79 Å². The number of carbonyl (C=O) groups is 1. The highest BCUT2D eigenvalue weighted by Crippen LogP contribution is 2.38. The maximum absolute atomic E-state index is 11.4. The Morgan fingerprint density at radius 3 is 3.08 bits per heavy atom. The standard InChI is InChI=1S/C9H8N2O2/c12-8-6-3-10-2-1-7(6)9(13-8)4-11-5-9/h1-3,11H,4-5H2. The minimum absolute atomic E-state index is 0.246. The molecule has 1 aromatic rings. The summed E-state index contributed by atoms with van der Waals surface area (Å²) in [5.74, 6) is -0.246. The van der Waals surface area contributed by atoms with Crippen LogP contribution in [-0.4, -0.2) is 24.0 Å². The van der Waals surface area contributed by atoms with Gasteiger partial charge in [0.15, 0.2) is 5.60 Å². The molecule has 66 valence electrons. The Bertz CT molecular complexity index is 385. The summed E-state index contributed by atoms with van der Waals surface area (Å²) in [6, 6.07) is 1.86. The van der Waals surface area contributed by atoms with Crippen molar-refractivity contribution in [1.82, 2.24) is 10.3 Å². The molecule has 0 aliphatic carbocycles. The van der Waals surface area contributed by atoms with Gasteiger partial charge in [0.05, 0.1) is 5.56 Å². The van der Waals surface area contributed by atoms with E-state index in [1.807, 2.05) is 6.07 Å². The number of nitrogens with zero attached hydrogens (tertiary/aromatic N) is 1. The molecular weight excluding hydrogens is 168 g/mol. The van der Waals surface area contributed by atoms with Crippen molar-refractivity contribution in [2.45, 2.75) is 5.60 Å². The Labute approximate surface area is 74.9 Å². The minimum atomic E-state index is -0.380. The summed E-state index contributed by atoms with van der Waals surface area (Å²) in [4.78, 5) is 15.3. The quantitative estimate of drug-likeness (QED) is 0.567. The largest absolute Gasteiger partial charge is 0.448 e. The Kier molecular flexibility index (Phi) is 1.13. The maximum Gasteiger partial charge on any atom is 0.341 e. The van der Waals surface area contributed by atoms with Crippen LogP contribution in [0.2, 0.25) is 0 Å². The third kappa shape index (κ3) is 0.734. The molecular formula is C9H8N2O2. The summed E-state index contributed by atoms with van der Waals surface area (Å²) >= 11 is 0. The average molecular weight is 176 g/mol. The van der Waals surface area contributed by atoms with Crippen molar-refractivity contribution in [3.05, 3.63) is 29.6 Å². The van der Waals surface area contributed by atoms with Crippen molar-refractivity contribution in [2.75, 3.05) is 13.1 Å². The minimum Gasteiger partial charge on any atom is -0.448 e. The van der Waals surface area contributed by atoms with E-state index in [0.29, 0.717) is 5.56 Å². The smallest absolute Gasteiger partial charge is 0.341 e. The molecule has 3 heterocycles. The second-order valence-electron chi connectivity index (χ2n) is 3.41. The zero-order valence-corrected chi connectivity index (χ0v) is 6.91. The molecule has 1 spiro atoms. The van der Waals surface area contributed by atoms with Crippen LogP contribution in [0.15, 0.2) is 18.5 Å². The Balaban J connectivity index is 2.20. The van der Waals surface area contributed by atoms with E-state index in [-0.39, 0.29) is 11.6 Å². The van der Waals surface area contributed by atoms with E-state index in [0.717, 1.165) is 18.7 Å². The molecule has 2 aliphatic rings. The summed E-state index contributed by atoms with van der Waals surface area (Å²) in [6.45, 7) is 1.44. The van der Waals surface area contributed by atoms with Gasteiger partial charge in [-0.1, -0.05) is 0 Å². The van der Waals surface area contributed by atoms with Gasteiger partial charge in [0.25, 0.3) is 0 Å². The third-order valence-corrected chi connectivity index (χ3v) is 2.64. The molecule has 0 radical (unpaired) electrons. The van der Waals surface area contributed by atoms with E-state index in [1.165, 1.54) is 0 Å². The lowest BCUT2D eigenvalue weighted by Gasteiger charge is -2.37. The van der Waals surface area contributed by atoms with E-state index in [4.69, 9.17) is 4.74 Å². The Morgan fingerprint density at radius 2 is 2.38 bits per heavy atom. The summed E-state index contributed by atoms with van der Waals surface area (Å²) in [5, 5.41) is 3.11. The third-order valence-electron chi connectivity index (χ3n) is 2.64. The molecule has 0 unspecified atom stereocenters. The summed E-state index contributed by atoms with van der Waals surface area (Å²) in [7, 11) is 0. The lowest BCUT2D eigenvalue weighted by molar-refractivity contribution is -0.0369. The number of hydrogen-bond acceptors (Lipinski definition) is 4. The fourth-order valence-corrected chi connectivity index (χ4v) is 1.86. The van der Waals surface area contributed by atoms with Gasteiger partial charge in [-0.15, -0.1) is 0 Å². The van der Waals surface area contributed by atoms with Crippen molar-refractivity contribution >= 4 is 5.97 Å². The second-order valence-corrected chi connectivity index (χ2v) is 3.41. The molecule has 1 N–H and O–H groups in total. The maximum atomic E-state index is 11.4. The van der Waals surface area contributed by atoms with E-state index in [1.54, 1.807) is 12.4 Å². The number of rotatable bonds is 0. The molecule has 1 fully saturated rings. The zero-order valence-electron chi connectivity index (χ0n) is 6.91. The first-order chi connectivity index (χ1) is 6.32. The number of esters is 1. The van der Waals surface area contributed by atoms with E-state index >= 15 is 0 Å². The molecule has 0 amide bonds. The molecule has 3 rings (SSSR count). The first-order valence-corrected chi connectivity index (χ1v) is 4.20. The van der Waals surface area contributed by atoms with Gasteiger partial charge < -0.3 is 10.1 Å². The number of fused-ring (bicyclic) bond motifs is 2. The van der Waals surface area contributed by atoms with Crippen LogP contribution in [0.4, 0.5) is 0 Å². The van der Waals surface area contributed by atoms with Crippen LogP contribution in [0.1, 0.15) is 15.9 Å². The molecule has 2 aliphatic heterocycles. The molecule has 13 heavy (non-hydrogen) atoms. The normalized spacial score (nSPS) is 22.3. The van der Waals surface area contributed by atoms with E-state index in [9.17, 15) is 4.79 Å². The highest BCUT2D eigenvalue weighted by atomic mass is 16.6. The first-order valence-electron chi connectivity index (χ1n) is 4.20. The van der Waals surface area contributed by atoms with E-state index < -0.39 is 0 Å². The molecule has 0 saturated carbocycles. The topological polar surface area (TPSA) is 51.2 Å². The van der Waals surface area contributed by atoms with Crippen LogP contribution >= 0.6 is 0 Å². The fourth-order valence-electron chi connectivity index (χ4n) is 1.86. The van der Waals surface area contributed by atoms with Crippen LogP contribution in [0.5, 0.6) is 0 Å². The lowest BCUT2D eigenvalue weighted by atomic mass is 9.88. The monoisotopic (exact) mass is 176 g/mol. The molecule has 0 bridgehead atoms. The molecule has 0 atom stereocenters. The van der Waals surface area contributed by atoms with Gasteiger partial charge in [0, 0.05) is 31.0 Å².